The molecule has 0 bridgehead atoms. The highest BCUT2D eigenvalue weighted by atomic mass is 16.2. The number of carbonyl (C=O) groups is 1. The number of anilines is 1. The molecule has 5 heteroatoms. The summed E-state index contributed by atoms with van der Waals surface area (Å²) in [4.78, 5) is 22.5. The Kier molecular flexibility index (Phi) is 4.35. The molecule has 104 valence electrons. The molecule has 1 aromatic heterocycles. The smallest absolute Gasteiger partial charge is 0.274 e. The molecule has 0 radical (unpaired) electrons. The van der Waals surface area contributed by atoms with Crippen molar-refractivity contribution in [3.8, 4) is 0 Å². The Morgan fingerprint density at radius 3 is 2.63 bits per heavy atom. The van der Waals surface area contributed by atoms with Gasteiger partial charge in [-0.15, -0.1) is 0 Å². The lowest BCUT2D eigenvalue weighted by molar-refractivity contribution is 0.0661. The van der Waals surface area contributed by atoms with E-state index >= 15 is 0 Å². The first-order chi connectivity index (χ1) is 9.11. The number of nitrogens with zero attached hydrogens (tertiary/aromatic N) is 3. The number of likely N-dealkylation sites (tertiary alicyclic amines) is 1. The largest absolute Gasteiger partial charge is 0.372 e. The van der Waals surface area contributed by atoms with E-state index in [1.165, 1.54) is 6.20 Å². The van der Waals surface area contributed by atoms with E-state index in [4.69, 9.17) is 0 Å². The Labute approximate surface area is 114 Å². The molecule has 1 N–H and O–H groups in total. The van der Waals surface area contributed by atoms with Gasteiger partial charge in [0.1, 0.15) is 11.5 Å². The Morgan fingerprint density at radius 1 is 1.37 bits per heavy atom. The minimum atomic E-state index is -0.00759. The van der Waals surface area contributed by atoms with Crippen molar-refractivity contribution in [1.29, 1.82) is 0 Å². The Morgan fingerprint density at radius 2 is 2.05 bits per heavy atom. The third kappa shape index (κ3) is 3.22. The zero-order chi connectivity index (χ0) is 13.8. The second-order valence-corrected chi connectivity index (χ2v) is 5.41. The normalized spacial score (nSPS) is 16.7. The molecule has 0 aliphatic carbocycles. The fourth-order valence-corrected chi connectivity index (χ4v) is 2.52. The van der Waals surface area contributed by atoms with Gasteiger partial charge in [0.15, 0.2) is 0 Å². The summed E-state index contributed by atoms with van der Waals surface area (Å²) in [5, 5.41) is 2.90. The lowest BCUT2D eigenvalue weighted by atomic mass is 9.86. The molecule has 0 saturated carbocycles. The Bertz CT molecular complexity index is 439. The first kappa shape index (κ1) is 13.8. The maximum Gasteiger partial charge on any atom is 0.274 e. The van der Waals surface area contributed by atoms with Crippen LogP contribution in [0.5, 0.6) is 0 Å². The van der Waals surface area contributed by atoms with Crippen molar-refractivity contribution in [3.63, 3.8) is 0 Å². The van der Waals surface area contributed by atoms with Crippen molar-refractivity contribution in [2.75, 3.05) is 25.5 Å². The highest BCUT2D eigenvalue weighted by Gasteiger charge is 2.25. The molecule has 0 aromatic carbocycles. The van der Waals surface area contributed by atoms with Gasteiger partial charge >= 0.3 is 0 Å². The van der Waals surface area contributed by atoms with Crippen molar-refractivity contribution >= 4 is 11.7 Å². The summed E-state index contributed by atoms with van der Waals surface area (Å²) in [6, 6.07) is 0. The van der Waals surface area contributed by atoms with Crippen LogP contribution < -0.4 is 5.32 Å². The Hall–Kier alpha value is -1.65. The summed E-state index contributed by atoms with van der Waals surface area (Å²) < 4.78 is 0. The van der Waals surface area contributed by atoms with E-state index in [9.17, 15) is 4.79 Å². The van der Waals surface area contributed by atoms with Crippen LogP contribution in [0.3, 0.4) is 0 Å². The van der Waals surface area contributed by atoms with Gasteiger partial charge in [0, 0.05) is 20.1 Å². The van der Waals surface area contributed by atoms with Crippen molar-refractivity contribution in [1.82, 2.24) is 14.9 Å². The number of carbonyl (C=O) groups excluding carboxylic acids is 1. The minimum absolute atomic E-state index is 0.00759. The summed E-state index contributed by atoms with van der Waals surface area (Å²) in [6.07, 6.45) is 5.32. The summed E-state index contributed by atoms with van der Waals surface area (Å²) in [6.45, 7) is 6.16. The second-order valence-electron chi connectivity index (χ2n) is 5.41. The van der Waals surface area contributed by atoms with Crippen LogP contribution in [0.15, 0.2) is 12.4 Å². The van der Waals surface area contributed by atoms with Gasteiger partial charge in [-0.2, -0.15) is 0 Å². The number of hydrogen-bond acceptors (Lipinski definition) is 4. The minimum Gasteiger partial charge on any atom is -0.372 e. The highest BCUT2D eigenvalue weighted by molar-refractivity contribution is 5.92. The van der Waals surface area contributed by atoms with E-state index in [1.807, 2.05) is 4.90 Å². The predicted molar refractivity (Wildman–Crippen MR) is 75.0 cm³/mol. The fraction of sp³-hybridized carbons (Fsp3) is 0.643. The number of piperidine rings is 1. The SMILES string of the molecule is CNc1cncc(C(=O)N2CCC(C(C)C)CC2)n1. The molecule has 1 aromatic rings. The first-order valence-electron chi connectivity index (χ1n) is 6.91. The van der Waals surface area contributed by atoms with Gasteiger partial charge in [-0.25, -0.2) is 4.98 Å². The quantitative estimate of drug-likeness (QED) is 0.905. The maximum absolute atomic E-state index is 12.3. The van der Waals surface area contributed by atoms with E-state index in [2.05, 4.69) is 29.1 Å². The van der Waals surface area contributed by atoms with Gasteiger partial charge in [-0.3, -0.25) is 9.78 Å². The van der Waals surface area contributed by atoms with Gasteiger partial charge < -0.3 is 10.2 Å². The molecule has 5 nitrogen and oxygen atoms in total. The van der Waals surface area contributed by atoms with Gasteiger partial charge in [0.2, 0.25) is 0 Å². The molecule has 19 heavy (non-hydrogen) atoms. The zero-order valence-corrected chi connectivity index (χ0v) is 11.9. The Balaban J connectivity index is 2.01. The zero-order valence-electron chi connectivity index (χ0n) is 11.9. The van der Waals surface area contributed by atoms with Crippen molar-refractivity contribution in [3.05, 3.63) is 18.1 Å². The maximum atomic E-state index is 12.3. The first-order valence-corrected chi connectivity index (χ1v) is 6.91. The average molecular weight is 262 g/mol. The average Bonchev–Trinajstić information content (AvgIpc) is 2.46. The summed E-state index contributed by atoms with van der Waals surface area (Å²) in [5.41, 5.74) is 0.426. The molecule has 2 rings (SSSR count). The molecule has 0 unspecified atom stereocenters. The van der Waals surface area contributed by atoms with E-state index in [0.717, 1.165) is 31.8 Å². The topological polar surface area (TPSA) is 58.1 Å². The lowest BCUT2D eigenvalue weighted by Crippen LogP contribution is -2.39. The summed E-state index contributed by atoms with van der Waals surface area (Å²) >= 11 is 0. The highest BCUT2D eigenvalue weighted by Crippen LogP contribution is 2.25. The number of amides is 1. The molecule has 0 spiro atoms. The standard InChI is InChI=1S/C14H22N4O/c1-10(2)11-4-6-18(7-5-11)14(19)12-8-16-9-13(15-3)17-12/h8-11H,4-7H2,1-3H3,(H,15,17). The molecular formula is C14H22N4O. The number of hydrogen-bond donors (Lipinski definition) is 1. The third-order valence-electron chi connectivity index (χ3n) is 3.88. The summed E-state index contributed by atoms with van der Waals surface area (Å²) in [5.74, 6) is 2.05. The molecule has 1 aliphatic heterocycles. The monoisotopic (exact) mass is 262 g/mol. The van der Waals surface area contributed by atoms with Crippen molar-refractivity contribution in [2.24, 2.45) is 11.8 Å². The van der Waals surface area contributed by atoms with Crippen LogP contribution in [-0.4, -0.2) is 40.9 Å². The second kappa shape index (κ2) is 5.99. The van der Waals surface area contributed by atoms with Crippen LogP contribution in [0.2, 0.25) is 0 Å². The summed E-state index contributed by atoms with van der Waals surface area (Å²) in [7, 11) is 1.77. The van der Waals surface area contributed by atoms with Crippen LogP contribution >= 0.6 is 0 Å². The van der Waals surface area contributed by atoms with Crippen LogP contribution in [-0.2, 0) is 0 Å². The lowest BCUT2D eigenvalue weighted by Gasteiger charge is -2.33. The molecule has 1 amide bonds. The van der Waals surface area contributed by atoms with Crippen molar-refractivity contribution in [2.45, 2.75) is 26.7 Å². The van der Waals surface area contributed by atoms with E-state index < -0.39 is 0 Å². The van der Waals surface area contributed by atoms with E-state index in [0.29, 0.717) is 17.4 Å². The molecule has 0 atom stereocenters. The van der Waals surface area contributed by atoms with Gasteiger partial charge in [-0.05, 0) is 24.7 Å². The molecule has 1 aliphatic rings. The van der Waals surface area contributed by atoms with Gasteiger partial charge in [-0.1, -0.05) is 13.8 Å². The third-order valence-corrected chi connectivity index (χ3v) is 3.88. The number of nitrogens with one attached hydrogen (secondary N) is 1. The van der Waals surface area contributed by atoms with Crippen LogP contribution in [0.4, 0.5) is 5.82 Å². The molecule has 2 heterocycles. The fourth-order valence-electron chi connectivity index (χ4n) is 2.52. The van der Waals surface area contributed by atoms with Crippen molar-refractivity contribution < 1.29 is 4.79 Å². The van der Waals surface area contributed by atoms with Crippen LogP contribution in [0, 0.1) is 11.8 Å². The van der Waals surface area contributed by atoms with Crippen LogP contribution in [0.25, 0.3) is 0 Å². The van der Waals surface area contributed by atoms with Crippen LogP contribution in [0.1, 0.15) is 37.2 Å². The molecule has 1 fully saturated rings. The molecular weight excluding hydrogens is 240 g/mol. The number of aromatic nitrogens is 2. The number of rotatable bonds is 3. The molecule has 1 saturated heterocycles. The van der Waals surface area contributed by atoms with Gasteiger partial charge in [0.05, 0.1) is 12.4 Å². The predicted octanol–water partition coefficient (Wildman–Crippen LogP) is 2.03. The van der Waals surface area contributed by atoms with E-state index in [-0.39, 0.29) is 5.91 Å². The van der Waals surface area contributed by atoms with E-state index in [1.54, 1.807) is 13.2 Å². The van der Waals surface area contributed by atoms with Gasteiger partial charge in [0.25, 0.3) is 5.91 Å².